The van der Waals surface area contributed by atoms with Gasteiger partial charge in [0.25, 0.3) is 0 Å². The van der Waals surface area contributed by atoms with E-state index in [1.807, 2.05) is 18.2 Å². The highest BCUT2D eigenvalue weighted by atomic mass is 16.5. The van der Waals surface area contributed by atoms with Crippen molar-refractivity contribution < 1.29 is 4.74 Å². The van der Waals surface area contributed by atoms with Gasteiger partial charge < -0.3 is 14.6 Å². The molecule has 4 rings (SSSR count). The highest BCUT2D eigenvalue weighted by Crippen LogP contribution is 2.27. The average Bonchev–Trinajstić information content (AvgIpc) is 3.11. The van der Waals surface area contributed by atoms with E-state index >= 15 is 0 Å². The van der Waals surface area contributed by atoms with Crippen molar-refractivity contribution in [1.29, 1.82) is 0 Å². The number of nitrogens with one attached hydrogen (secondary N) is 1. The van der Waals surface area contributed by atoms with Gasteiger partial charge in [0.05, 0.1) is 18.5 Å². The fraction of sp³-hybridized carbons (Fsp3) is 0.550. The summed E-state index contributed by atoms with van der Waals surface area (Å²) < 4.78 is 5.34. The van der Waals surface area contributed by atoms with Crippen molar-refractivity contribution in [2.24, 2.45) is 0 Å². The van der Waals surface area contributed by atoms with Crippen molar-refractivity contribution in [1.82, 2.24) is 19.8 Å². The molecule has 0 spiro atoms. The molecule has 0 saturated carbocycles. The van der Waals surface area contributed by atoms with Crippen LogP contribution >= 0.6 is 0 Å². The third-order valence-corrected chi connectivity index (χ3v) is 5.73. The van der Waals surface area contributed by atoms with E-state index in [9.17, 15) is 0 Å². The number of methoxy groups -OCH3 is 1. The standard InChI is InChI=1S/C20H28N4O/c1-3-23-10-7-16(8-11-23)24-12-9-18-19(14-24)22-20(21-18)15-5-4-6-17(13-15)25-2/h4-6,13,16H,3,7-12,14H2,1-2H3,(H,21,22). The summed E-state index contributed by atoms with van der Waals surface area (Å²) in [6.45, 7) is 8.06. The van der Waals surface area contributed by atoms with E-state index in [4.69, 9.17) is 9.72 Å². The first-order chi connectivity index (χ1) is 12.3. The quantitative estimate of drug-likeness (QED) is 0.929. The molecule has 1 fully saturated rings. The van der Waals surface area contributed by atoms with Crippen LogP contribution in [-0.2, 0) is 13.0 Å². The van der Waals surface area contributed by atoms with E-state index in [1.165, 1.54) is 43.9 Å². The van der Waals surface area contributed by atoms with Crippen molar-refractivity contribution in [2.45, 2.75) is 38.8 Å². The predicted octanol–water partition coefficient (Wildman–Crippen LogP) is 2.93. The zero-order chi connectivity index (χ0) is 17.2. The molecule has 1 aromatic carbocycles. The predicted molar refractivity (Wildman–Crippen MR) is 99.8 cm³/mol. The molecule has 25 heavy (non-hydrogen) atoms. The molecule has 1 N–H and O–H groups in total. The van der Waals surface area contributed by atoms with Gasteiger partial charge in [0.1, 0.15) is 11.6 Å². The zero-order valence-electron chi connectivity index (χ0n) is 15.3. The number of benzene rings is 1. The number of rotatable bonds is 4. The molecule has 0 bridgehead atoms. The topological polar surface area (TPSA) is 44.4 Å². The Bertz CT molecular complexity index is 718. The van der Waals surface area contributed by atoms with Crippen LogP contribution in [0.2, 0.25) is 0 Å². The third kappa shape index (κ3) is 3.44. The number of aromatic amines is 1. The van der Waals surface area contributed by atoms with E-state index in [-0.39, 0.29) is 0 Å². The second kappa shape index (κ2) is 7.18. The Balaban J connectivity index is 1.48. The van der Waals surface area contributed by atoms with Crippen LogP contribution in [0.5, 0.6) is 5.75 Å². The minimum atomic E-state index is 0.722. The van der Waals surface area contributed by atoms with Crippen LogP contribution in [0.15, 0.2) is 24.3 Å². The van der Waals surface area contributed by atoms with Gasteiger partial charge in [-0.3, -0.25) is 4.90 Å². The Morgan fingerprint density at radius 1 is 1.24 bits per heavy atom. The van der Waals surface area contributed by atoms with Crippen LogP contribution in [0.4, 0.5) is 0 Å². The number of likely N-dealkylation sites (tertiary alicyclic amines) is 1. The first kappa shape index (κ1) is 16.6. The number of hydrogen-bond donors (Lipinski definition) is 1. The van der Waals surface area contributed by atoms with Crippen molar-refractivity contribution in [3.8, 4) is 17.1 Å². The minimum Gasteiger partial charge on any atom is -0.497 e. The number of nitrogens with zero attached hydrogens (tertiary/aromatic N) is 3. The van der Waals surface area contributed by atoms with E-state index in [1.54, 1.807) is 7.11 Å². The number of piperidine rings is 1. The smallest absolute Gasteiger partial charge is 0.137 e. The van der Waals surface area contributed by atoms with Gasteiger partial charge in [0.2, 0.25) is 0 Å². The second-order valence-corrected chi connectivity index (χ2v) is 7.13. The highest BCUT2D eigenvalue weighted by Gasteiger charge is 2.28. The Labute approximate surface area is 150 Å². The first-order valence-electron chi connectivity index (χ1n) is 9.45. The molecule has 1 aromatic heterocycles. The number of imidazole rings is 1. The van der Waals surface area contributed by atoms with Crippen LogP contribution in [0.3, 0.4) is 0 Å². The average molecular weight is 340 g/mol. The minimum absolute atomic E-state index is 0.722. The molecule has 5 heteroatoms. The molecule has 5 nitrogen and oxygen atoms in total. The molecule has 0 aliphatic carbocycles. The summed E-state index contributed by atoms with van der Waals surface area (Å²) in [6, 6.07) is 8.84. The third-order valence-electron chi connectivity index (χ3n) is 5.73. The molecule has 0 radical (unpaired) electrons. The number of aromatic nitrogens is 2. The molecule has 3 heterocycles. The summed E-state index contributed by atoms with van der Waals surface area (Å²) in [7, 11) is 1.70. The van der Waals surface area contributed by atoms with E-state index < -0.39 is 0 Å². The first-order valence-corrected chi connectivity index (χ1v) is 9.45. The van der Waals surface area contributed by atoms with Crippen LogP contribution in [0, 0.1) is 0 Å². The lowest BCUT2D eigenvalue weighted by Crippen LogP contribution is -2.46. The molecular weight excluding hydrogens is 312 g/mol. The molecule has 134 valence electrons. The Morgan fingerprint density at radius 3 is 2.84 bits per heavy atom. The summed E-state index contributed by atoms with van der Waals surface area (Å²) in [5.41, 5.74) is 3.62. The van der Waals surface area contributed by atoms with E-state index in [0.717, 1.165) is 42.7 Å². The normalized spacial score (nSPS) is 19.8. The lowest BCUT2D eigenvalue weighted by Gasteiger charge is -2.39. The van der Waals surface area contributed by atoms with E-state index in [2.05, 4.69) is 27.8 Å². The summed E-state index contributed by atoms with van der Waals surface area (Å²) in [4.78, 5) is 13.6. The van der Waals surface area contributed by atoms with Gasteiger partial charge in [-0.2, -0.15) is 0 Å². The highest BCUT2D eigenvalue weighted by molar-refractivity contribution is 5.58. The second-order valence-electron chi connectivity index (χ2n) is 7.13. The van der Waals surface area contributed by atoms with Gasteiger partial charge in [-0.25, -0.2) is 4.98 Å². The van der Waals surface area contributed by atoms with E-state index in [0.29, 0.717) is 0 Å². The summed E-state index contributed by atoms with van der Waals surface area (Å²) in [5.74, 6) is 1.84. The lowest BCUT2D eigenvalue weighted by molar-refractivity contribution is 0.0994. The van der Waals surface area contributed by atoms with Crippen molar-refractivity contribution in [3.05, 3.63) is 35.7 Å². The largest absolute Gasteiger partial charge is 0.497 e. The lowest BCUT2D eigenvalue weighted by atomic mass is 10.0. The molecule has 1 saturated heterocycles. The van der Waals surface area contributed by atoms with Gasteiger partial charge in [-0.15, -0.1) is 0 Å². The molecule has 0 atom stereocenters. The Kier molecular flexibility index (Phi) is 4.77. The van der Waals surface area contributed by atoms with Gasteiger partial charge >= 0.3 is 0 Å². The van der Waals surface area contributed by atoms with Gasteiger partial charge in [0.15, 0.2) is 0 Å². The van der Waals surface area contributed by atoms with Crippen LogP contribution in [0.1, 0.15) is 31.2 Å². The molecule has 0 unspecified atom stereocenters. The van der Waals surface area contributed by atoms with Crippen molar-refractivity contribution >= 4 is 0 Å². The molecule has 0 amide bonds. The molecular formula is C20H28N4O. The zero-order valence-corrected chi connectivity index (χ0v) is 15.3. The SMILES string of the molecule is CCN1CCC(N2CCc3nc(-c4cccc(OC)c4)[nH]c3C2)CC1. The van der Waals surface area contributed by atoms with Crippen molar-refractivity contribution in [3.63, 3.8) is 0 Å². The van der Waals surface area contributed by atoms with Gasteiger partial charge in [0, 0.05) is 31.1 Å². The maximum Gasteiger partial charge on any atom is 0.137 e. The summed E-state index contributed by atoms with van der Waals surface area (Å²) in [5, 5.41) is 0. The van der Waals surface area contributed by atoms with Gasteiger partial charge in [-0.1, -0.05) is 19.1 Å². The van der Waals surface area contributed by atoms with Crippen LogP contribution in [0.25, 0.3) is 11.4 Å². The molecule has 2 aliphatic heterocycles. The Hall–Kier alpha value is -1.85. The molecule has 2 aliphatic rings. The monoisotopic (exact) mass is 340 g/mol. The number of ether oxygens (including phenoxy) is 1. The Morgan fingerprint density at radius 2 is 2.08 bits per heavy atom. The van der Waals surface area contributed by atoms with Crippen LogP contribution < -0.4 is 4.74 Å². The number of hydrogen-bond acceptors (Lipinski definition) is 4. The van der Waals surface area contributed by atoms with Crippen molar-refractivity contribution in [2.75, 3.05) is 33.3 Å². The number of fused-ring (bicyclic) bond motifs is 1. The molecule has 2 aromatic rings. The maximum absolute atomic E-state index is 5.34. The summed E-state index contributed by atoms with van der Waals surface area (Å²) in [6.07, 6.45) is 3.63. The fourth-order valence-electron chi connectivity index (χ4n) is 4.13. The number of H-pyrrole nitrogens is 1. The van der Waals surface area contributed by atoms with Crippen LogP contribution in [-0.4, -0.2) is 59.1 Å². The fourth-order valence-corrected chi connectivity index (χ4v) is 4.13. The van der Waals surface area contributed by atoms with Gasteiger partial charge in [-0.05, 0) is 44.6 Å². The maximum atomic E-state index is 5.34. The summed E-state index contributed by atoms with van der Waals surface area (Å²) >= 11 is 0.